The Morgan fingerprint density at radius 3 is 2.70 bits per heavy atom. The van der Waals surface area contributed by atoms with Gasteiger partial charge < -0.3 is 9.64 Å². The van der Waals surface area contributed by atoms with E-state index in [2.05, 4.69) is 0 Å². The number of methoxy groups -OCH3 is 1. The Labute approximate surface area is 122 Å². The molecule has 0 spiro atoms. The van der Waals surface area contributed by atoms with Gasteiger partial charge in [0.1, 0.15) is 5.75 Å². The summed E-state index contributed by atoms with van der Waals surface area (Å²) in [6, 6.07) is 7.61. The molecule has 1 N–H and O–H groups in total. The summed E-state index contributed by atoms with van der Waals surface area (Å²) in [6.07, 6.45) is 0. The second-order valence-electron chi connectivity index (χ2n) is 5.08. The topological polar surface area (TPSA) is 70.5 Å². The Balaban J connectivity index is 1.77. The van der Waals surface area contributed by atoms with Crippen molar-refractivity contribution in [1.82, 2.24) is 4.90 Å². The molecule has 0 aliphatic carbocycles. The molecule has 108 valence electrons. The van der Waals surface area contributed by atoms with Gasteiger partial charge in [0.15, 0.2) is 15.0 Å². The van der Waals surface area contributed by atoms with Gasteiger partial charge in [0.25, 0.3) is 0 Å². The van der Waals surface area contributed by atoms with Crippen LogP contribution < -0.4 is 4.74 Å². The highest BCUT2D eigenvalue weighted by Gasteiger charge is 2.47. The van der Waals surface area contributed by atoms with Gasteiger partial charge in [0, 0.05) is 11.8 Å². The highest BCUT2D eigenvalue weighted by atomic mass is 32.2. The van der Waals surface area contributed by atoms with E-state index in [1.54, 1.807) is 7.11 Å². The molecule has 0 saturated carbocycles. The summed E-state index contributed by atoms with van der Waals surface area (Å²) in [7, 11) is -1.32. The number of hydrogen-bond donors (Lipinski definition) is 1. The number of hydrogen-bond acceptors (Lipinski definition) is 5. The van der Waals surface area contributed by atoms with Gasteiger partial charge in [-0.2, -0.15) is 0 Å². The molecule has 0 aromatic heterocycles. The summed E-state index contributed by atoms with van der Waals surface area (Å²) in [4.78, 5) is 1.90. The molecule has 2 saturated heterocycles. The van der Waals surface area contributed by atoms with Crippen molar-refractivity contribution < 1.29 is 13.2 Å². The number of thioether (sulfide) groups is 1. The number of fused-ring (bicyclic) bond motifs is 1. The fourth-order valence-electron chi connectivity index (χ4n) is 2.68. The molecule has 1 aromatic carbocycles. The summed E-state index contributed by atoms with van der Waals surface area (Å²) in [5.74, 6) is 1.16. The summed E-state index contributed by atoms with van der Waals surface area (Å²) < 4.78 is 28.5. The average Bonchev–Trinajstić information content (AvgIpc) is 2.84. The molecule has 3 rings (SSSR count). The smallest absolute Gasteiger partial charge is 0.157 e. The molecule has 1 aromatic rings. The molecule has 2 atom stereocenters. The predicted molar refractivity (Wildman–Crippen MR) is 80.1 cm³/mol. The fourth-order valence-corrected chi connectivity index (χ4v) is 6.51. The van der Waals surface area contributed by atoms with Crippen LogP contribution in [0, 0.1) is 5.41 Å². The first-order valence-electron chi connectivity index (χ1n) is 6.34. The number of sulfone groups is 1. The molecule has 7 heteroatoms. The molecule has 0 bridgehead atoms. The SMILES string of the molecule is COc1ccc(CN2C(=N)S[C@H]3CS(=O)(=O)C[C@H]32)cc1. The predicted octanol–water partition coefficient (Wildman–Crippen LogP) is 1.34. The standard InChI is InChI=1S/C13H16N2O3S2/c1-18-10-4-2-9(3-5-10)6-15-11-7-20(16,17)8-12(11)19-13(15)14/h2-5,11-12,14H,6-8H2,1H3/t11-,12+/m1/s1. The Morgan fingerprint density at radius 1 is 1.35 bits per heavy atom. The second kappa shape index (κ2) is 4.96. The zero-order chi connectivity index (χ0) is 14.3. The van der Waals surface area contributed by atoms with Crippen LogP contribution in [0.25, 0.3) is 0 Å². The van der Waals surface area contributed by atoms with Crippen molar-refractivity contribution >= 4 is 26.8 Å². The van der Waals surface area contributed by atoms with E-state index in [4.69, 9.17) is 10.1 Å². The van der Waals surface area contributed by atoms with E-state index < -0.39 is 9.84 Å². The number of rotatable bonds is 3. The monoisotopic (exact) mass is 312 g/mol. The van der Waals surface area contributed by atoms with Crippen molar-refractivity contribution in [2.45, 2.75) is 17.8 Å². The van der Waals surface area contributed by atoms with Gasteiger partial charge in [0.2, 0.25) is 0 Å². The Bertz CT molecular complexity index is 628. The maximum atomic E-state index is 11.7. The van der Waals surface area contributed by atoms with Gasteiger partial charge in [0.05, 0.1) is 24.7 Å². The van der Waals surface area contributed by atoms with Crippen LogP contribution in [0.3, 0.4) is 0 Å². The lowest BCUT2D eigenvalue weighted by Crippen LogP contribution is -2.36. The first-order chi connectivity index (χ1) is 9.48. The molecule has 0 unspecified atom stereocenters. The number of amidine groups is 1. The molecule has 0 radical (unpaired) electrons. The number of nitrogens with zero attached hydrogens (tertiary/aromatic N) is 1. The number of ether oxygens (including phenoxy) is 1. The maximum Gasteiger partial charge on any atom is 0.157 e. The normalized spacial score (nSPS) is 27.6. The van der Waals surface area contributed by atoms with E-state index in [0.717, 1.165) is 11.3 Å². The first kappa shape index (κ1) is 13.8. The third-order valence-corrected chi connectivity index (χ3v) is 6.88. The molecule has 0 amide bonds. The van der Waals surface area contributed by atoms with Crippen LogP contribution >= 0.6 is 11.8 Å². The maximum absolute atomic E-state index is 11.7. The molecule has 20 heavy (non-hydrogen) atoms. The summed E-state index contributed by atoms with van der Waals surface area (Å²) >= 11 is 1.38. The Kier molecular flexibility index (Phi) is 3.41. The van der Waals surface area contributed by atoms with Crippen molar-refractivity contribution in [3.8, 4) is 5.75 Å². The summed E-state index contributed by atoms with van der Waals surface area (Å²) in [5, 5.41) is 8.53. The van der Waals surface area contributed by atoms with Crippen LogP contribution in [0.4, 0.5) is 0 Å². The van der Waals surface area contributed by atoms with Crippen molar-refractivity contribution in [2.75, 3.05) is 18.6 Å². The number of nitrogens with one attached hydrogen (secondary N) is 1. The van der Waals surface area contributed by atoms with E-state index in [0.29, 0.717) is 11.7 Å². The van der Waals surface area contributed by atoms with Crippen molar-refractivity contribution in [2.24, 2.45) is 0 Å². The minimum atomic E-state index is -2.94. The molecule has 2 heterocycles. The third kappa shape index (κ3) is 2.52. The van der Waals surface area contributed by atoms with E-state index in [9.17, 15) is 8.42 Å². The van der Waals surface area contributed by atoms with E-state index in [1.165, 1.54) is 11.8 Å². The van der Waals surface area contributed by atoms with E-state index in [-0.39, 0.29) is 22.8 Å². The van der Waals surface area contributed by atoms with Crippen molar-refractivity contribution in [3.63, 3.8) is 0 Å². The molecule has 5 nitrogen and oxygen atoms in total. The third-order valence-electron chi connectivity index (χ3n) is 3.71. The molecular formula is C13H16N2O3S2. The largest absolute Gasteiger partial charge is 0.497 e. The lowest BCUT2D eigenvalue weighted by Gasteiger charge is -2.23. The highest BCUT2D eigenvalue weighted by Crippen LogP contribution is 2.38. The van der Waals surface area contributed by atoms with Crippen LogP contribution in [0.15, 0.2) is 24.3 Å². The molecule has 2 aliphatic heterocycles. The van der Waals surface area contributed by atoms with Gasteiger partial charge in [-0.05, 0) is 17.7 Å². The highest BCUT2D eigenvalue weighted by molar-refractivity contribution is 8.15. The minimum absolute atomic E-state index is 0.0192. The van der Waals surface area contributed by atoms with Gasteiger partial charge >= 0.3 is 0 Å². The van der Waals surface area contributed by atoms with E-state index >= 15 is 0 Å². The van der Waals surface area contributed by atoms with Gasteiger partial charge in [-0.1, -0.05) is 23.9 Å². The van der Waals surface area contributed by atoms with E-state index in [1.807, 2.05) is 29.2 Å². The molecular weight excluding hydrogens is 296 g/mol. The Morgan fingerprint density at radius 2 is 2.05 bits per heavy atom. The molecule has 2 aliphatic rings. The molecule has 2 fully saturated rings. The van der Waals surface area contributed by atoms with Crippen molar-refractivity contribution in [1.29, 1.82) is 5.41 Å². The fraction of sp³-hybridized carbons (Fsp3) is 0.462. The summed E-state index contributed by atoms with van der Waals surface area (Å²) in [6.45, 7) is 0.576. The second-order valence-corrected chi connectivity index (χ2v) is 8.46. The Hall–Kier alpha value is -1.21. The zero-order valence-corrected chi connectivity index (χ0v) is 12.7. The lowest BCUT2D eigenvalue weighted by molar-refractivity contribution is 0.349. The van der Waals surface area contributed by atoms with Crippen LogP contribution in [-0.4, -0.2) is 48.4 Å². The first-order valence-corrected chi connectivity index (χ1v) is 9.04. The number of benzene rings is 1. The van der Waals surface area contributed by atoms with Crippen LogP contribution in [0.5, 0.6) is 5.75 Å². The van der Waals surface area contributed by atoms with Gasteiger partial charge in [-0.15, -0.1) is 0 Å². The van der Waals surface area contributed by atoms with Gasteiger partial charge in [-0.25, -0.2) is 8.42 Å². The average molecular weight is 312 g/mol. The quantitative estimate of drug-likeness (QED) is 0.912. The zero-order valence-electron chi connectivity index (χ0n) is 11.1. The van der Waals surface area contributed by atoms with Gasteiger partial charge in [-0.3, -0.25) is 5.41 Å². The van der Waals surface area contributed by atoms with Crippen LogP contribution in [-0.2, 0) is 16.4 Å². The van der Waals surface area contributed by atoms with Crippen molar-refractivity contribution in [3.05, 3.63) is 29.8 Å². The lowest BCUT2D eigenvalue weighted by atomic mass is 10.1. The summed E-state index contributed by atoms with van der Waals surface area (Å²) in [5.41, 5.74) is 1.06. The van der Waals surface area contributed by atoms with Crippen LogP contribution in [0.1, 0.15) is 5.56 Å². The minimum Gasteiger partial charge on any atom is -0.497 e. The van der Waals surface area contributed by atoms with Crippen LogP contribution in [0.2, 0.25) is 0 Å².